The third kappa shape index (κ3) is 1.74. The van der Waals surface area contributed by atoms with E-state index in [1.165, 1.54) is 19.4 Å². The molecule has 2 fully saturated rings. The van der Waals surface area contributed by atoms with Crippen LogP contribution in [0.15, 0.2) is 0 Å². The van der Waals surface area contributed by atoms with Crippen molar-refractivity contribution in [2.45, 2.75) is 25.8 Å². The van der Waals surface area contributed by atoms with E-state index < -0.39 is 0 Å². The van der Waals surface area contributed by atoms with Crippen molar-refractivity contribution in [2.75, 3.05) is 24.5 Å². The predicted molar refractivity (Wildman–Crippen MR) is 61.4 cm³/mol. The van der Waals surface area contributed by atoms with Crippen LogP contribution in [0, 0.1) is 12.8 Å². The van der Waals surface area contributed by atoms with Crippen molar-refractivity contribution in [3.8, 4) is 0 Å². The van der Waals surface area contributed by atoms with Crippen molar-refractivity contribution < 1.29 is 0 Å². The zero-order valence-corrected chi connectivity index (χ0v) is 9.76. The molecule has 82 valence electrons. The first-order chi connectivity index (χ1) is 7.33. The molecule has 15 heavy (non-hydrogen) atoms. The van der Waals surface area contributed by atoms with E-state index >= 15 is 0 Å². The van der Waals surface area contributed by atoms with Gasteiger partial charge in [-0.3, -0.25) is 0 Å². The maximum absolute atomic E-state index is 4.22. The minimum Gasteiger partial charge on any atom is -0.345 e. The Kier molecular flexibility index (Phi) is 2.36. The van der Waals surface area contributed by atoms with E-state index in [0.717, 1.165) is 29.1 Å². The highest BCUT2D eigenvalue weighted by atomic mass is 32.1. The third-order valence-corrected chi connectivity index (χ3v) is 4.28. The molecule has 0 spiro atoms. The molecule has 1 aromatic heterocycles. The fourth-order valence-corrected chi connectivity index (χ4v) is 3.32. The van der Waals surface area contributed by atoms with Gasteiger partial charge in [-0.25, -0.2) is 0 Å². The molecule has 3 heterocycles. The second-order valence-electron chi connectivity index (χ2n) is 4.47. The summed E-state index contributed by atoms with van der Waals surface area (Å²) in [4.78, 5) is 2.39. The van der Waals surface area contributed by atoms with Crippen molar-refractivity contribution >= 4 is 16.5 Å². The number of piperidine rings is 1. The average molecular weight is 224 g/mol. The third-order valence-electron chi connectivity index (χ3n) is 3.39. The maximum Gasteiger partial charge on any atom is 0.208 e. The van der Waals surface area contributed by atoms with Gasteiger partial charge < -0.3 is 10.2 Å². The summed E-state index contributed by atoms with van der Waals surface area (Å²) in [7, 11) is 0. The number of fused-ring (bicyclic) bond motifs is 1. The summed E-state index contributed by atoms with van der Waals surface area (Å²) in [6.45, 7) is 5.47. The van der Waals surface area contributed by atoms with Gasteiger partial charge in [0.15, 0.2) is 0 Å². The number of aryl methyl sites for hydroxylation is 1. The van der Waals surface area contributed by atoms with E-state index in [1.807, 2.05) is 6.92 Å². The van der Waals surface area contributed by atoms with Crippen LogP contribution in [0.1, 0.15) is 17.8 Å². The normalized spacial score (nSPS) is 30.6. The Hall–Kier alpha value is -0.680. The topological polar surface area (TPSA) is 41.1 Å². The molecule has 0 aliphatic carbocycles. The lowest BCUT2D eigenvalue weighted by atomic mass is 9.94. The number of hydrogen-bond acceptors (Lipinski definition) is 5. The van der Waals surface area contributed by atoms with Crippen LogP contribution in [0.2, 0.25) is 0 Å². The number of nitrogens with zero attached hydrogens (tertiary/aromatic N) is 3. The van der Waals surface area contributed by atoms with Crippen LogP contribution in [-0.4, -0.2) is 35.9 Å². The second-order valence-corrected chi connectivity index (χ2v) is 5.63. The largest absolute Gasteiger partial charge is 0.345 e. The highest BCUT2D eigenvalue weighted by molar-refractivity contribution is 7.15. The molecule has 1 N–H and O–H groups in total. The number of anilines is 1. The quantitative estimate of drug-likeness (QED) is 0.773. The smallest absolute Gasteiger partial charge is 0.208 e. The molecule has 0 amide bonds. The summed E-state index contributed by atoms with van der Waals surface area (Å²) in [5, 5.41) is 14.1. The van der Waals surface area contributed by atoms with E-state index in [0.29, 0.717) is 6.04 Å². The van der Waals surface area contributed by atoms with E-state index in [-0.39, 0.29) is 0 Å². The van der Waals surface area contributed by atoms with Gasteiger partial charge in [0, 0.05) is 19.1 Å². The highest BCUT2D eigenvalue weighted by Gasteiger charge is 2.35. The van der Waals surface area contributed by atoms with Crippen molar-refractivity contribution in [3.63, 3.8) is 0 Å². The Morgan fingerprint density at radius 3 is 3.07 bits per heavy atom. The molecule has 1 aromatic rings. The summed E-state index contributed by atoms with van der Waals surface area (Å²) >= 11 is 1.71. The van der Waals surface area contributed by atoms with Crippen LogP contribution < -0.4 is 10.2 Å². The molecule has 4 nitrogen and oxygen atoms in total. The Morgan fingerprint density at radius 2 is 2.33 bits per heavy atom. The molecule has 2 saturated heterocycles. The zero-order valence-electron chi connectivity index (χ0n) is 8.94. The van der Waals surface area contributed by atoms with Crippen molar-refractivity contribution in [2.24, 2.45) is 5.92 Å². The molecule has 2 aliphatic heterocycles. The van der Waals surface area contributed by atoms with Crippen molar-refractivity contribution in [1.29, 1.82) is 0 Å². The van der Waals surface area contributed by atoms with Crippen molar-refractivity contribution in [3.05, 3.63) is 5.01 Å². The van der Waals surface area contributed by atoms with Gasteiger partial charge >= 0.3 is 0 Å². The minimum atomic E-state index is 0.683. The maximum atomic E-state index is 4.22. The monoisotopic (exact) mass is 224 g/mol. The summed E-state index contributed by atoms with van der Waals surface area (Å²) < 4.78 is 0. The number of hydrogen-bond donors (Lipinski definition) is 1. The van der Waals surface area contributed by atoms with E-state index in [9.17, 15) is 0 Å². The van der Waals surface area contributed by atoms with Gasteiger partial charge in [0.1, 0.15) is 5.01 Å². The molecule has 0 radical (unpaired) electrons. The standard InChI is InChI=1S/C10H16N4S/c1-7-12-13-10(15-7)14-5-8-3-2-4-11-9(8)6-14/h8-9,11H,2-6H2,1H3. The molecule has 5 heteroatoms. The van der Waals surface area contributed by atoms with Gasteiger partial charge in [0.2, 0.25) is 5.13 Å². The average Bonchev–Trinajstić information content (AvgIpc) is 2.82. The van der Waals surface area contributed by atoms with Crippen molar-refractivity contribution in [1.82, 2.24) is 15.5 Å². The Morgan fingerprint density at radius 1 is 1.40 bits per heavy atom. The molecule has 0 bridgehead atoms. The SMILES string of the molecule is Cc1nnc(N2CC3CCCNC3C2)s1. The van der Waals surface area contributed by atoms with Crippen LogP contribution in [0.4, 0.5) is 5.13 Å². The zero-order chi connectivity index (χ0) is 10.3. The first kappa shape index (κ1) is 9.54. The van der Waals surface area contributed by atoms with Gasteiger partial charge in [-0.2, -0.15) is 0 Å². The highest BCUT2D eigenvalue weighted by Crippen LogP contribution is 2.30. The molecule has 0 aromatic carbocycles. The van der Waals surface area contributed by atoms with E-state index in [2.05, 4.69) is 20.4 Å². The number of aromatic nitrogens is 2. The van der Waals surface area contributed by atoms with Gasteiger partial charge in [-0.1, -0.05) is 11.3 Å². The van der Waals surface area contributed by atoms with Gasteiger partial charge in [-0.05, 0) is 32.2 Å². The molecule has 2 aliphatic rings. The lowest BCUT2D eigenvalue weighted by molar-refractivity contribution is 0.340. The molecular formula is C10H16N4S. The lowest BCUT2D eigenvalue weighted by Gasteiger charge is -2.24. The first-order valence-electron chi connectivity index (χ1n) is 5.61. The lowest BCUT2D eigenvalue weighted by Crippen LogP contribution is -2.40. The Labute approximate surface area is 93.7 Å². The summed E-state index contributed by atoms with van der Waals surface area (Å²) in [5.74, 6) is 0.822. The number of rotatable bonds is 1. The fourth-order valence-electron chi connectivity index (χ4n) is 2.62. The number of nitrogens with one attached hydrogen (secondary N) is 1. The van der Waals surface area contributed by atoms with Crippen LogP contribution in [0.25, 0.3) is 0 Å². The first-order valence-corrected chi connectivity index (χ1v) is 6.43. The summed E-state index contributed by atoms with van der Waals surface area (Å²) in [5.41, 5.74) is 0. The van der Waals surface area contributed by atoms with Crippen LogP contribution >= 0.6 is 11.3 Å². The fraction of sp³-hybridized carbons (Fsp3) is 0.800. The van der Waals surface area contributed by atoms with Gasteiger partial charge in [0.25, 0.3) is 0 Å². The van der Waals surface area contributed by atoms with Crippen LogP contribution in [-0.2, 0) is 0 Å². The molecule has 3 rings (SSSR count). The molecule has 0 saturated carbocycles. The predicted octanol–water partition coefficient (Wildman–Crippen LogP) is 1.03. The second kappa shape index (κ2) is 3.72. The van der Waals surface area contributed by atoms with Crippen LogP contribution in [0.5, 0.6) is 0 Å². The summed E-state index contributed by atoms with van der Waals surface area (Å²) in [6, 6.07) is 0.683. The van der Waals surface area contributed by atoms with Crippen LogP contribution in [0.3, 0.4) is 0 Å². The Balaban J connectivity index is 1.74. The van der Waals surface area contributed by atoms with E-state index in [4.69, 9.17) is 0 Å². The molecule has 2 atom stereocenters. The molecular weight excluding hydrogens is 208 g/mol. The van der Waals surface area contributed by atoms with Gasteiger partial charge in [0.05, 0.1) is 0 Å². The molecule has 2 unspecified atom stereocenters. The van der Waals surface area contributed by atoms with Gasteiger partial charge in [-0.15, -0.1) is 10.2 Å². The minimum absolute atomic E-state index is 0.683. The van der Waals surface area contributed by atoms with E-state index in [1.54, 1.807) is 11.3 Å². The summed E-state index contributed by atoms with van der Waals surface area (Å²) in [6.07, 6.45) is 2.69. The Bertz CT molecular complexity index is 337.